The predicted octanol–water partition coefficient (Wildman–Crippen LogP) is 8.07. The summed E-state index contributed by atoms with van der Waals surface area (Å²) < 4.78 is 49.2. The number of aryl methyl sites for hydroxylation is 3. The van der Waals surface area contributed by atoms with E-state index in [1.807, 2.05) is 44.2 Å². The van der Waals surface area contributed by atoms with Gasteiger partial charge in [-0.05, 0) is 55.0 Å². The van der Waals surface area contributed by atoms with Gasteiger partial charge in [0.1, 0.15) is 5.82 Å². The monoisotopic (exact) mass is 460 g/mol. The van der Waals surface area contributed by atoms with Gasteiger partial charge >= 0.3 is 0 Å². The van der Waals surface area contributed by atoms with E-state index in [0.717, 1.165) is 16.7 Å². The topological polar surface area (TPSA) is 9.23 Å². The normalized spacial score (nSPS) is 11.1. The first-order valence-corrected chi connectivity index (χ1v) is 11.5. The van der Waals surface area contributed by atoms with Gasteiger partial charge in [-0.1, -0.05) is 78.4 Å². The van der Waals surface area contributed by atoms with E-state index in [1.165, 1.54) is 0 Å². The van der Waals surface area contributed by atoms with E-state index in [9.17, 15) is 13.2 Å². The van der Waals surface area contributed by atoms with Crippen molar-refractivity contribution in [1.82, 2.24) is 0 Å². The van der Waals surface area contributed by atoms with Crippen LogP contribution in [-0.4, -0.2) is 6.61 Å². The Labute approximate surface area is 198 Å². The van der Waals surface area contributed by atoms with Crippen molar-refractivity contribution in [1.29, 1.82) is 0 Å². The van der Waals surface area contributed by atoms with Crippen LogP contribution in [0.1, 0.15) is 29.2 Å². The summed E-state index contributed by atoms with van der Waals surface area (Å²) in [4.78, 5) is 0. The Balaban J connectivity index is 1.46. The van der Waals surface area contributed by atoms with Crippen molar-refractivity contribution in [2.45, 2.75) is 33.3 Å². The number of benzene rings is 4. The molecule has 0 heterocycles. The second-order valence-electron chi connectivity index (χ2n) is 8.41. The second kappa shape index (κ2) is 10.7. The zero-order valence-corrected chi connectivity index (χ0v) is 19.4. The maximum Gasteiger partial charge on any atom is 0.167 e. The first-order valence-electron chi connectivity index (χ1n) is 11.5. The minimum absolute atomic E-state index is 0.229. The van der Waals surface area contributed by atoms with Gasteiger partial charge in [0.25, 0.3) is 0 Å². The van der Waals surface area contributed by atoms with E-state index in [2.05, 4.69) is 0 Å². The molecule has 0 saturated carbocycles. The van der Waals surface area contributed by atoms with E-state index in [-0.39, 0.29) is 23.6 Å². The van der Waals surface area contributed by atoms with Gasteiger partial charge in [-0.25, -0.2) is 13.2 Å². The second-order valence-corrected chi connectivity index (χ2v) is 8.41. The van der Waals surface area contributed by atoms with Crippen molar-refractivity contribution in [2.24, 2.45) is 0 Å². The van der Waals surface area contributed by atoms with E-state index in [1.54, 1.807) is 48.5 Å². The minimum atomic E-state index is -0.853. The molecular weight excluding hydrogens is 433 g/mol. The number of halogens is 3. The molecule has 0 bridgehead atoms. The zero-order valence-electron chi connectivity index (χ0n) is 19.4. The first kappa shape index (κ1) is 23.8. The number of hydrogen-bond acceptors (Lipinski definition) is 1. The highest BCUT2D eigenvalue weighted by Crippen LogP contribution is 2.31. The van der Waals surface area contributed by atoms with Gasteiger partial charge in [-0.3, -0.25) is 0 Å². The van der Waals surface area contributed by atoms with Crippen molar-refractivity contribution >= 4 is 0 Å². The molecule has 0 fully saturated rings. The summed E-state index contributed by atoms with van der Waals surface area (Å²) in [7, 11) is 0. The molecule has 4 heteroatoms. The Morgan fingerprint density at radius 3 is 1.74 bits per heavy atom. The maximum absolute atomic E-state index is 14.9. The van der Waals surface area contributed by atoms with E-state index < -0.39 is 11.6 Å². The van der Waals surface area contributed by atoms with Gasteiger partial charge in [0.2, 0.25) is 0 Å². The SMILES string of the molecule is CCOCc1ccc(CCc2ccc(-c3ccc(-c4ccc(C)cc4)c(F)c3F)cc2)cc1F. The molecule has 34 heavy (non-hydrogen) atoms. The molecule has 174 valence electrons. The van der Waals surface area contributed by atoms with Crippen LogP contribution in [-0.2, 0) is 24.2 Å². The van der Waals surface area contributed by atoms with Crippen molar-refractivity contribution in [3.8, 4) is 22.3 Å². The highest BCUT2D eigenvalue weighted by molar-refractivity contribution is 5.72. The van der Waals surface area contributed by atoms with Gasteiger partial charge in [-0.2, -0.15) is 0 Å². The quantitative estimate of drug-likeness (QED) is 0.258. The molecule has 0 unspecified atom stereocenters. The number of hydrogen-bond donors (Lipinski definition) is 0. The van der Waals surface area contributed by atoms with Crippen molar-refractivity contribution < 1.29 is 17.9 Å². The molecule has 0 aliphatic heterocycles. The van der Waals surface area contributed by atoms with E-state index >= 15 is 0 Å². The summed E-state index contributed by atoms with van der Waals surface area (Å²) in [6, 6.07) is 23.2. The molecule has 0 aliphatic carbocycles. The number of ether oxygens (including phenoxy) is 1. The van der Waals surface area contributed by atoms with Crippen molar-refractivity contribution in [3.05, 3.63) is 119 Å². The Kier molecular flexibility index (Phi) is 7.49. The molecule has 0 aliphatic rings. The summed E-state index contributed by atoms with van der Waals surface area (Å²) in [6.07, 6.45) is 1.40. The lowest BCUT2D eigenvalue weighted by atomic mass is 9.96. The molecule has 0 atom stereocenters. The fraction of sp³-hybridized carbons (Fsp3) is 0.200. The average Bonchev–Trinajstić information content (AvgIpc) is 2.85. The van der Waals surface area contributed by atoms with Crippen molar-refractivity contribution in [3.63, 3.8) is 0 Å². The van der Waals surface area contributed by atoms with Crippen LogP contribution < -0.4 is 0 Å². The van der Waals surface area contributed by atoms with Gasteiger partial charge in [-0.15, -0.1) is 0 Å². The lowest BCUT2D eigenvalue weighted by Gasteiger charge is -2.10. The zero-order chi connectivity index (χ0) is 24.1. The molecule has 0 spiro atoms. The molecule has 4 aromatic carbocycles. The average molecular weight is 461 g/mol. The van der Waals surface area contributed by atoms with Gasteiger partial charge < -0.3 is 4.74 Å². The van der Waals surface area contributed by atoms with Crippen LogP contribution in [0.5, 0.6) is 0 Å². The third-order valence-corrected chi connectivity index (χ3v) is 5.99. The standard InChI is InChI=1S/C30H27F3O/c1-3-34-19-25-15-10-22(18-28(25)31)7-6-21-8-13-24(14-9-21)27-17-16-26(29(32)30(27)33)23-11-4-20(2)5-12-23/h4-5,8-18H,3,6-7,19H2,1-2H3. The molecule has 0 saturated heterocycles. The molecule has 0 radical (unpaired) electrons. The number of rotatable bonds is 8. The summed E-state index contributed by atoms with van der Waals surface area (Å²) in [5.41, 5.74) is 5.29. The fourth-order valence-electron chi connectivity index (χ4n) is 3.94. The highest BCUT2D eigenvalue weighted by atomic mass is 19.2. The Morgan fingerprint density at radius 2 is 1.18 bits per heavy atom. The van der Waals surface area contributed by atoms with Crippen LogP contribution in [0.15, 0.2) is 78.9 Å². The summed E-state index contributed by atoms with van der Waals surface area (Å²) >= 11 is 0. The van der Waals surface area contributed by atoms with Gasteiger partial charge in [0.05, 0.1) is 6.61 Å². The summed E-state index contributed by atoms with van der Waals surface area (Å²) in [6.45, 7) is 4.64. The molecule has 4 rings (SSSR count). The summed E-state index contributed by atoms with van der Waals surface area (Å²) in [5.74, 6) is -1.96. The fourth-order valence-corrected chi connectivity index (χ4v) is 3.94. The summed E-state index contributed by atoms with van der Waals surface area (Å²) in [5, 5.41) is 0. The van der Waals surface area contributed by atoms with Crippen LogP contribution in [0.4, 0.5) is 13.2 Å². The minimum Gasteiger partial charge on any atom is -0.377 e. The van der Waals surface area contributed by atoms with Crippen molar-refractivity contribution in [2.75, 3.05) is 6.61 Å². The third kappa shape index (κ3) is 5.40. The molecule has 1 nitrogen and oxygen atoms in total. The smallest absolute Gasteiger partial charge is 0.167 e. The van der Waals surface area contributed by atoms with Gasteiger partial charge in [0, 0.05) is 23.3 Å². The van der Waals surface area contributed by atoms with E-state index in [4.69, 9.17) is 4.74 Å². The van der Waals surface area contributed by atoms with Crippen LogP contribution in [0.25, 0.3) is 22.3 Å². The van der Waals surface area contributed by atoms with Crippen LogP contribution >= 0.6 is 0 Å². The largest absolute Gasteiger partial charge is 0.377 e. The maximum atomic E-state index is 14.9. The van der Waals surface area contributed by atoms with Crippen LogP contribution in [0.2, 0.25) is 0 Å². The lowest BCUT2D eigenvalue weighted by Crippen LogP contribution is -1.98. The molecule has 4 aromatic rings. The highest BCUT2D eigenvalue weighted by Gasteiger charge is 2.16. The molecular formula is C30H27F3O. The molecule has 0 aromatic heterocycles. The molecule has 0 amide bonds. The Bertz CT molecular complexity index is 1260. The van der Waals surface area contributed by atoms with Crippen LogP contribution in [0, 0.1) is 24.4 Å². The van der Waals surface area contributed by atoms with Gasteiger partial charge in [0.15, 0.2) is 11.6 Å². The van der Waals surface area contributed by atoms with Crippen LogP contribution in [0.3, 0.4) is 0 Å². The third-order valence-electron chi connectivity index (χ3n) is 5.99. The molecule has 0 N–H and O–H groups in total. The lowest BCUT2D eigenvalue weighted by molar-refractivity contribution is 0.131. The Hall–Kier alpha value is -3.37. The predicted molar refractivity (Wildman–Crippen MR) is 131 cm³/mol. The first-order chi connectivity index (χ1) is 16.5. The Morgan fingerprint density at radius 1 is 0.647 bits per heavy atom. The van der Waals surface area contributed by atoms with E-state index in [0.29, 0.717) is 36.1 Å².